The van der Waals surface area contributed by atoms with Crippen molar-refractivity contribution in [3.8, 4) is 0 Å². The van der Waals surface area contributed by atoms with Gasteiger partial charge in [0.1, 0.15) is 0 Å². The van der Waals surface area contributed by atoms with Crippen LogP contribution in [0.1, 0.15) is 51.4 Å². The smallest absolute Gasteiger partial charge is 0.237 e. The molecule has 0 radical (unpaired) electrons. The molecule has 2 aliphatic rings. The molecule has 1 fully saturated rings. The van der Waals surface area contributed by atoms with Gasteiger partial charge < -0.3 is 5.73 Å². The van der Waals surface area contributed by atoms with Crippen LogP contribution in [-0.4, -0.2) is 17.5 Å². The lowest BCUT2D eigenvalue weighted by atomic mass is 9.80. The van der Waals surface area contributed by atoms with Gasteiger partial charge in [-0.05, 0) is 32.1 Å². The molecule has 3 nitrogen and oxygen atoms in total. The molecule has 90 valence electrons. The molecule has 0 aromatic rings. The SMILES string of the molecule is NC(=O)C1(NC2C=CCCC2)CCCCC1. The van der Waals surface area contributed by atoms with Crippen LogP contribution in [0.2, 0.25) is 0 Å². The number of amides is 1. The second-order valence-corrected chi connectivity index (χ2v) is 5.12. The molecule has 0 spiro atoms. The molecule has 1 amide bonds. The maximum absolute atomic E-state index is 11.7. The van der Waals surface area contributed by atoms with Gasteiger partial charge in [-0.15, -0.1) is 0 Å². The molecule has 3 N–H and O–H groups in total. The fourth-order valence-corrected chi connectivity index (χ4v) is 2.90. The third-order valence-corrected chi connectivity index (χ3v) is 3.89. The van der Waals surface area contributed by atoms with Crippen LogP contribution in [0.15, 0.2) is 12.2 Å². The summed E-state index contributed by atoms with van der Waals surface area (Å²) in [4.78, 5) is 11.7. The lowest BCUT2D eigenvalue weighted by Gasteiger charge is -2.38. The Hall–Kier alpha value is -0.830. The van der Waals surface area contributed by atoms with Gasteiger partial charge in [0.2, 0.25) is 5.91 Å². The lowest BCUT2D eigenvalue weighted by molar-refractivity contribution is -0.126. The van der Waals surface area contributed by atoms with Crippen molar-refractivity contribution in [3.63, 3.8) is 0 Å². The van der Waals surface area contributed by atoms with Crippen molar-refractivity contribution in [2.75, 3.05) is 0 Å². The highest BCUT2D eigenvalue weighted by atomic mass is 16.1. The Balaban J connectivity index is 2.04. The maximum Gasteiger partial charge on any atom is 0.237 e. The van der Waals surface area contributed by atoms with Crippen molar-refractivity contribution >= 4 is 5.91 Å². The van der Waals surface area contributed by atoms with Gasteiger partial charge in [-0.2, -0.15) is 0 Å². The molecule has 0 heterocycles. The number of primary amides is 1. The molecule has 2 rings (SSSR count). The molecular weight excluding hydrogens is 200 g/mol. The highest BCUT2D eigenvalue weighted by Gasteiger charge is 2.38. The normalized spacial score (nSPS) is 28.9. The monoisotopic (exact) mass is 222 g/mol. The van der Waals surface area contributed by atoms with E-state index in [2.05, 4.69) is 17.5 Å². The Morgan fingerprint density at radius 1 is 1.25 bits per heavy atom. The Kier molecular flexibility index (Phi) is 3.64. The second kappa shape index (κ2) is 5.00. The fraction of sp³-hybridized carbons (Fsp3) is 0.769. The van der Waals surface area contributed by atoms with Gasteiger partial charge in [0.05, 0.1) is 5.54 Å². The van der Waals surface area contributed by atoms with Crippen molar-refractivity contribution in [1.29, 1.82) is 0 Å². The van der Waals surface area contributed by atoms with Gasteiger partial charge in [0, 0.05) is 6.04 Å². The first kappa shape index (κ1) is 11.6. The van der Waals surface area contributed by atoms with Gasteiger partial charge in [-0.3, -0.25) is 10.1 Å². The number of hydrogen-bond donors (Lipinski definition) is 2. The van der Waals surface area contributed by atoms with E-state index in [0.29, 0.717) is 6.04 Å². The number of rotatable bonds is 3. The number of allylic oxidation sites excluding steroid dienone is 1. The predicted octanol–water partition coefficient (Wildman–Crippen LogP) is 1.87. The van der Waals surface area contributed by atoms with Crippen molar-refractivity contribution in [1.82, 2.24) is 5.32 Å². The summed E-state index contributed by atoms with van der Waals surface area (Å²) in [6.45, 7) is 0. The van der Waals surface area contributed by atoms with Crippen molar-refractivity contribution in [2.45, 2.75) is 62.9 Å². The summed E-state index contributed by atoms with van der Waals surface area (Å²) in [5, 5.41) is 3.51. The minimum absolute atomic E-state index is 0.161. The summed E-state index contributed by atoms with van der Waals surface area (Å²) in [5.74, 6) is -0.161. The zero-order chi connectivity index (χ0) is 11.4. The molecule has 1 unspecified atom stereocenters. The van der Waals surface area contributed by atoms with Crippen LogP contribution in [-0.2, 0) is 4.79 Å². The molecule has 0 bridgehead atoms. The summed E-state index contributed by atoms with van der Waals surface area (Å²) in [5.41, 5.74) is 5.17. The summed E-state index contributed by atoms with van der Waals surface area (Å²) in [7, 11) is 0. The van der Waals surface area contributed by atoms with Crippen LogP contribution >= 0.6 is 0 Å². The van der Waals surface area contributed by atoms with Gasteiger partial charge in [0.15, 0.2) is 0 Å². The zero-order valence-corrected chi connectivity index (χ0v) is 9.87. The van der Waals surface area contributed by atoms with Crippen molar-refractivity contribution < 1.29 is 4.79 Å². The highest BCUT2D eigenvalue weighted by molar-refractivity contribution is 5.84. The standard InChI is InChI=1S/C13H22N2O/c14-12(16)13(9-5-2-6-10-13)15-11-7-3-1-4-8-11/h3,7,11,15H,1-2,4-6,8-10H2,(H2,14,16). The summed E-state index contributed by atoms with van der Waals surface area (Å²) in [6.07, 6.45) is 13.2. The van der Waals surface area contributed by atoms with E-state index < -0.39 is 5.54 Å². The molecule has 3 heteroatoms. The molecule has 0 aromatic heterocycles. The molecule has 0 aromatic carbocycles. The summed E-state index contributed by atoms with van der Waals surface area (Å²) < 4.78 is 0. The third kappa shape index (κ3) is 2.46. The Bertz CT molecular complexity index is 280. The van der Waals surface area contributed by atoms with Crippen LogP contribution < -0.4 is 11.1 Å². The van der Waals surface area contributed by atoms with Gasteiger partial charge in [-0.1, -0.05) is 31.4 Å². The predicted molar refractivity (Wildman–Crippen MR) is 64.9 cm³/mol. The molecule has 1 saturated carbocycles. The molecule has 2 aliphatic carbocycles. The highest BCUT2D eigenvalue weighted by Crippen LogP contribution is 2.29. The van der Waals surface area contributed by atoms with E-state index in [1.165, 1.54) is 19.3 Å². The number of nitrogens with one attached hydrogen (secondary N) is 1. The van der Waals surface area contributed by atoms with E-state index in [9.17, 15) is 4.79 Å². The second-order valence-electron chi connectivity index (χ2n) is 5.12. The van der Waals surface area contributed by atoms with Crippen LogP contribution in [0.4, 0.5) is 0 Å². The molecule has 1 atom stereocenters. The van der Waals surface area contributed by atoms with Crippen LogP contribution in [0.25, 0.3) is 0 Å². The van der Waals surface area contributed by atoms with Crippen LogP contribution in [0, 0.1) is 0 Å². The average molecular weight is 222 g/mol. The van der Waals surface area contributed by atoms with E-state index in [-0.39, 0.29) is 5.91 Å². The molecule has 16 heavy (non-hydrogen) atoms. The Labute approximate surface area is 97.5 Å². The summed E-state index contributed by atoms with van der Waals surface area (Å²) >= 11 is 0. The first-order valence-electron chi connectivity index (χ1n) is 6.47. The first-order chi connectivity index (χ1) is 7.73. The number of carbonyl (C=O) groups is 1. The number of nitrogens with two attached hydrogens (primary N) is 1. The van der Waals surface area contributed by atoms with E-state index in [0.717, 1.165) is 32.1 Å². The average Bonchev–Trinajstić information content (AvgIpc) is 2.31. The Morgan fingerprint density at radius 3 is 2.56 bits per heavy atom. The molecular formula is C13H22N2O. The molecule has 0 saturated heterocycles. The van der Waals surface area contributed by atoms with Crippen LogP contribution in [0.3, 0.4) is 0 Å². The molecule has 0 aliphatic heterocycles. The van der Waals surface area contributed by atoms with Gasteiger partial charge >= 0.3 is 0 Å². The van der Waals surface area contributed by atoms with Crippen molar-refractivity contribution in [3.05, 3.63) is 12.2 Å². The summed E-state index contributed by atoms with van der Waals surface area (Å²) in [6, 6.07) is 0.347. The quantitative estimate of drug-likeness (QED) is 0.716. The van der Waals surface area contributed by atoms with E-state index in [1.807, 2.05) is 0 Å². The van der Waals surface area contributed by atoms with E-state index in [4.69, 9.17) is 5.73 Å². The minimum Gasteiger partial charge on any atom is -0.368 e. The van der Waals surface area contributed by atoms with Crippen LogP contribution in [0.5, 0.6) is 0 Å². The largest absolute Gasteiger partial charge is 0.368 e. The van der Waals surface area contributed by atoms with E-state index >= 15 is 0 Å². The topological polar surface area (TPSA) is 55.1 Å². The van der Waals surface area contributed by atoms with E-state index in [1.54, 1.807) is 0 Å². The maximum atomic E-state index is 11.7. The number of hydrogen-bond acceptors (Lipinski definition) is 2. The minimum atomic E-state index is -0.426. The number of carbonyl (C=O) groups excluding carboxylic acids is 1. The Morgan fingerprint density at radius 2 is 2.00 bits per heavy atom. The van der Waals surface area contributed by atoms with Gasteiger partial charge in [0.25, 0.3) is 0 Å². The van der Waals surface area contributed by atoms with Gasteiger partial charge in [-0.25, -0.2) is 0 Å². The lowest BCUT2D eigenvalue weighted by Crippen LogP contribution is -2.59. The fourth-order valence-electron chi connectivity index (χ4n) is 2.90. The first-order valence-corrected chi connectivity index (χ1v) is 6.47. The van der Waals surface area contributed by atoms with Crippen molar-refractivity contribution in [2.24, 2.45) is 5.73 Å². The zero-order valence-electron chi connectivity index (χ0n) is 9.87. The third-order valence-electron chi connectivity index (χ3n) is 3.89.